The highest BCUT2D eigenvalue weighted by atomic mass is 16.9. The highest BCUT2D eigenvalue weighted by Gasteiger charge is 2.62. The molecule has 0 bridgehead atoms. The molecular formula is C22H30N2O8. The first-order valence-corrected chi connectivity index (χ1v) is 10.7. The van der Waals surface area contributed by atoms with Crippen LogP contribution in [0.15, 0.2) is 24.3 Å². The van der Waals surface area contributed by atoms with Crippen molar-refractivity contribution in [2.45, 2.75) is 76.4 Å². The van der Waals surface area contributed by atoms with Crippen LogP contribution in [0, 0.1) is 0 Å². The van der Waals surface area contributed by atoms with E-state index in [4.69, 9.17) is 28.4 Å². The van der Waals surface area contributed by atoms with E-state index in [0.717, 1.165) is 0 Å². The van der Waals surface area contributed by atoms with Crippen LogP contribution in [0.5, 0.6) is 5.75 Å². The third kappa shape index (κ3) is 4.89. The van der Waals surface area contributed by atoms with Gasteiger partial charge in [0.2, 0.25) is 5.91 Å². The smallest absolute Gasteiger partial charge is 0.252 e. The van der Waals surface area contributed by atoms with Crippen molar-refractivity contribution in [2.24, 2.45) is 0 Å². The van der Waals surface area contributed by atoms with E-state index >= 15 is 0 Å². The molecule has 1 aromatic rings. The van der Waals surface area contributed by atoms with Crippen LogP contribution in [0.1, 0.15) is 34.1 Å². The fraction of sp³-hybridized carbons (Fsp3) is 0.636. The van der Waals surface area contributed by atoms with Gasteiger partial charge in [-0.15, -0.1) is 0 Å². The van der Waals surface area contributed by atoms with Crippen LogP contribution in [-0.2, 0) is 33.3 Å². The second-order valence-corrected chi connectivity index (χ2v) is 8.91. The maximum atomic E-state index is 12.9. The summed E-state index contributed by atoms with van der Waals surface area (Å²) in [7, 11) is 1.57. The Morgan fingerprint density at radius 1 is 0.938 bits per heavy atom. The normalized spacial score (nSPS) is 32.0. The van der Waals surface area contributed by atoms with Crippen LogP contribution < -0.4 is 15.4 Å². The lowest BCUT2D eigenvalue weighted by Crippen LogP contribution is -2.59. The summed E-state index contributed by atoms with van der Waals surface area (Å²) in [6, 6.07) is 6.99. The van der Waals surface area contributed by atoms with Gasteiger partial charge >= 0.3 is 0 Å². The number of hydrogen-bond donors (Lipinski definition) is 2. The second kappa shape index (κ2) is 8.60. The number of fused-ring (bicyclic) bond motifs is 3. The molecule has 3 heterocycles. The summed E-state index contributed by atoms with van der Waals surface area (Å²) < 4.78 is 34.7. The van der Waals surface area contributed by atoms with Gasteiger partial charge in [-0.25, -0.2) is 0 Å². The van der Waals surface area contributed by atoms with Gasteiger partial charge < -0.3 is 39.1 Å². The van der Waals surface area contributed by atoms with Gasteiger partial charge in [0.15, 0.2) is 24.0 Å². The summed E-state index contributed by atoms with van der Waals surface area (Å²) in [4.78, 5) is 25.1. The van der Waals surface area contributed by atoms with Gasteiger partial charge in [-0.05, 0) is 52.0 Å². The van der Waals surface area contributed by atoms with Crippen LogP contribution in [-0.4, -0.2) is 67.7 Å². The number of carbonyl (C=O) groups excluding carboxylic acids is 2. The number of anilines is 1. The molecule has 5 atom stereocenters. The van der Waals surface area contributed by atoms with E-state index in [9.17, 15) is 9.59 Å². The quantitative estimate of drug-likeness (QED) is 0.671. The summed E-state index contributed by atoms with van der Waals surface area (Å²) in [6.45, 7) is 7.25. The summed E-state index contributed by atoms with van der Waals surface area (Å²) >= 11 is 0. The van der Waals surface area contributed by atoms with E-state index in [-0.39, 0.29) is 18.9 Å². The Bertz CT molecular complexity index is 856. The molecule has 0 aliphatic carbocycles. The third-order valence-electron chi connectivity index (χ3n) is 5.44. The van der Waals surface area contributed by atoms with Crippen LogP contribution in [0.3, 0.4) is 0 Å². The number of hydrogen-bond acceptors (Lipinski definition) is 8. The van der Waals surface area contributed by atoms with Crippen molar-refractivity contribution in [1.82, 2.24) is 5.32 Å². The van der Waals surface area contributed by atoms with Crippen molar-refractivity contribution in [1.29, 1.82) is 0 Å². The Morgan fingerprint density at radius 2 is 1.56 bits per heavy atom. The molecule has 0 radical (unpaired) electrons. The van der Waals surface area contributed by atoms with Crippen molar-refractivity contribution in [3.8, 4) is 5.75 Å². The van der Waals surface area contributed by atoms with E-state index in [1.54, 1.807) is 59.1 Å². The van der Waals surface area contributed by atoms with E-state index in [1.165, 1.54) is 0 Å². The molecule has 176 valence electrons. The Morgan fingerprint density at radius 3 is 2.25 bits per heavy atom. The molecule has 0 saturated carbocycles. The van der Waals surface area contributed by atoms with Crippen LogP contribution in [0.2, 0.25) is 0 Å². The number of methoxy groups -OCH3 is 1. The molecule has 10 nitrogen and oxygen atoms in total. The SMILES string of the molecule is COc1ccc(NC(=O)CCNC(=O)[C@@H]2O[C@H]3OC(C)(C)O[C@@H]3[C@@H]3OC(C)(C)O[C@@H]32)cc1. The van der Waals surface area contributed by atoms with Gasteiger partial charge in [0.05, 0.1) is 7.11 Å². The third-order valence-corrected chi connectivity index (χ3v) is 5.44. The van der Waals surface area contributed by atoms with Gasteiger partial charge in [0.1, 0.15) is 24.1 Å². The number of amides is 2. The number of carbonyl (C=O) groups is 2. The Balaban J connectivity index is 1.32. The van der Waals surface area contributed by atoms with Gasteiger partial charge in [0.25, 0.3) is 5.91 Å². The molecule has 2 N–H and O–H groups in total. The van der Waals surface area contributed by atoms with Crippen LogP contribution in [0.25, 0.3) is 0 Å². The first-order valence-electron chi connectivity index (χ1n) is 10.7. The molecule has 32 heavy (non-hydrogen) atoms. The zero-order valence-corrected chi connectivity index (χ0v) is 18.9. The first kappa shape index (κ1) is 22.9. The molecule has 0 aromatic heterocycles. The molecule has 2 amide bonds. The van der Waals surface area contributed by atoms with Gasteiger partial charge in [0, 0.05) is 18.7 Å². The average molecular weight is 450 g/mol. The van der Waals surface area contributed by atoms with Gasteiger partial charge in [-0.2, -0.15) is 0 Å². The minimum absolute atomic E-state index is 0.0974. The predicted molar refractivity (Wildman–Crippen MR) is 112 cm³/mol. The minimum Gasteiger partial charge on any atom is -0.497 e. The minimum atomic E-state index is -0.954. The van der Waals surface area contributed by atoms with E-state index < -0.39 is 48.2 Å². The number of rotatable bonds is 6. The van der Waals surface area contributed by atoms with Crippen molar-refractivity contribution in [3.63, 3.8) is 0 Å². The van der Waals surface area contributed by atoms with Crippen molar-refractivity contribution < 1.29 is 38.0 Å². The highest BCUT2D eigenvalue weighted by molar-refractivity contribution is 5.91. The zero-order valence-electron chi connectivity index (χ0n) is 18.9. The zero-order chi connectivity index (χ0) is 23.1. The van der Waals surface area contributed by atoms with Gasteiger partial charge in [-0.1, -0.05) is 0 Å². The summed E-state index contributed by atoms with van der Waals surface area (Å²) in [5.74, 6) is -1.68. The fourth-order valence-corrected chi connectivity index (χ4v) is 4.12. The Labute approximate surface area is 186 Å². The average Bonchev–Trinajstić information content (AvgIpc) is 3.21. The van der Waals surface area contributed by atoms with Crippen molar-refractivity contribution in [3.05, 3.63) is 24.3 Å². The molecular weight excluding hydrogens is 420 g/mol. The Kier molecular flexibility index (Phi) is 6.17. The molecule has 3 aliphatic heterocycles. The maximum absolute atomic E-state index is 12.9. The predicted octanol–water partition coefficient (Wildman–Crippen LogP) is 1.54. The summed E-state index contributed by atoms with van der Waals surface area (Å²) in [5.41, 5.74) is 0.645. The lowest BCUT2D eigenvalue weighted by Gasteiger charge is -2.36. The lowest BCUT2D eigenvalue weighted by atomic mass is 9.98. The lowest BCUT2D eigenvalue weighted by molar-refractivity contribution is -0.231. The monoisotopic (exact) mass is 450 g/mol. The van der Waals surface area contributed by atoms with Crippen molar-refractivity contribution >= 4 is 17.5 Å². The molecule has 1 aromatic carbocycles. The van der Waals surface area contributed by atoms with Gasteiger partial charge in [-0.3, -0.25) is 9.59 Å². The maximum Gasteiger partial charge on any atom is 0.252 e. The molecule has 3 saturated heterocycles. The topological polar surface area (TPSA) is 114 Å². The summed E-state index contributed by atoms with van der Waals surface area (Å²) in [5, 5.41) is 5.53. The van der Waals surface area contributed by atoms with E-state index in [2.05, 4.69) is 10.6 Å². The highest BCUT2D eigenvalue weighted by Crippen LogP contribution is 2.44. The number of benzene rings is 1. The molecule has 4 rings (SSSR count). The van der Waals surface area contributed by atoms with E-state index in [1.807, 2.05) is 0 Å². The molecule has 3 aliphatic rings. The fourth-order valence-electron chi connectivity index (χ4n) is 4.12. The number of ether oxygens (including phenoxy) is 6. The standard InChI is InChI=1S/C22H30N2O8/c1-21(2)29-15-16(30-21)18-20(32-22(3,4)31-18)28-17(15)19(26)23-11-10-14(25)24-12-6-8-13(27-5)9-7-12/h6-9,15-18,20H,10-11H2,1-5H3,(H,23,26)(H,24,25)/t15-,16+,17+,18+,20-/m0/s1. The molecule has 0 spiro atoms. The van der Waals surface area contributed by atoms with Crippen LogP contribution in [0.4, 0.5) is 5.69 Å². The molecule has 10 heteroatoms. The van der Waals surface area contributed by atoms with E-state index in [0.29, 0.717) is 11.4 Å². The first-order chi connectivity index (χ1) is 15.1. The summed E-state index contributed by atoms with van der Waals surface area (Å²) in [6.07, 6.45) is -3.28. The van der Waals surface area contributed by atoms with Crippen molar-refractivity contribution in [2.75, 3.05) is 19.0 Å². The molecule has 0 unspecified atom stereocenters. The molecule has 3 fully saturated rings. The van der Waals surface area contributed by atoms with Crippen LogP contribution >= 0.6 is 0 Å². The second-order valence-electron chi connectivity index (χ2n) is 8.91. The Hall–Kier alpha value is -2.24. The largest absolute Gasteiger partial charge is 0.497 e. The number of nitrogens with one attached hydrogen (secondary N) is 2.